The van der Waals surface area contributed by atoms with E-state index in [1.54, 1.807) is 0 Å². The van der Waals surface area contributed by atoms with Gasteiger partial charge in [0, 0.05) is 27.9 Å². The van der Waals surface area contributed by atoms with Crippen LogP contribution in [0.2, 0.25) is 0 Å². The molecule has 15 atom stereocenters. The lowest BCUT2D eigenvalue weighted by Gasteiger charge is -2.49. The number of amides is 3. The second-order valence-corrected chi connectivity index (χ2v) is 10.7. The van der Waals surface area contributed by atoms with E-state index in [-0.39, 0.29) is 0 Å². The topological polar surface area (TPSA) is 264 Å². The Balaban J connectivity index is 1.86. The summed E-state index contributed by atoms with van der Waals surface area (Å²) in [5.74, 6) is -1.73. The van der Waals surface area contributed by atoms with Crippen molar-refractivity contribution in [3.63, 3.8) is 0 Å². The van der Waals surface area contributed by atoms with E-state index in [0.29, 0.717) is 0 Å². The second kappa shape index (κ2) is 15.3. The molecule has 3 aliphatic heterocycles. The van der Waals surface area contributed by atoms with Crippen molar-refractivity contribution in [3.8, 4) is 0 Å². The third-order valence-corrected chi connectivity index (χ3v) is 7.50. The average Bonchev–Trinajstić information content (AvgIpc) is 2.93. The van der Waals surface area contributed by atoms with Gasteiger partial charge in [-0.2, -0.15) is 0 Å². The van der Waals surface area contributed by atoms with Gasteiger partial charge in [0.05, 0.1) is 19.3 Å². The first kappa shape index (κ1) is 35.4. The Kier molecular flexibility index (Phi) is 12.6. The molecule has 18 nitrogen and oxygen atoms in total. The maximum Gasteiger partial charge on any atom is 0.217 e. The molecule has 18 heteroatoms. The molecule has 9 N–H and O–H groups in total. The molecule has 3 aliphatic rings. The lowest BCUT2D eigenvalue weighted by molar-refractivity contribution is -0.348. The Hall–Kier alpha value is -2.07. The highest BCUT2D eigenvalue weighted by atomic mass is 16.7. The molecule has 10 unspecified atom stereocenters. The average molecular weight is 626 g/mol. The number of methoxy groups -OCH3 is 1. The molecule has 43 heavy (non-hydrogen) atoms. The second-order valence-electron chi connectivity index (χ2n) is 10.7. The summed E-state index contributed by atoms with van der Waals surface area (Å²) in [5, 5.41) is 70.5. The van der Waals surface area contributed by atoms with Gasteiger partial charge in [0.15, 0.2) is 18.9 Å². The molecule has 0 aromatic rings. The van der Waals surface area contributed by atoms with Crippen LogP contribution in [0.1, 0.15) is 27.7 Å². The van der Waals surface area contributed by atoms with Crippen molar-refractivity contribution >= 4 is 17.7 Å². The van der Waals surface area contributed by atoms with E-state index in [1.807, 2.05) is 0 Å². The third-order valence-electron chi connectivity index (χ3n) is 7.50. The van der Waals surface area contributed by atoms with E-state index in [1.165, 1.54) is 27.9 Å². The smallest absolute Gasteiger partial charge is 0.217 e. The summed E-state index contributed by atoms with van der Waals surface area (Å²) < 4.78 is 34.3. The zero-order valence-corrected chi connectivity index (χ0v) is 24.4. The minimum atomic E-state index is -1.68. The minimum Gasteiger partial charge on any atom is -0.394 e. The number of aliphatic hydroxyl groups is 6. The molecule has 248 valence electrons. The largest absolute Gasteiger partial charge is 0.394 e. The highest BCUT2D eigenvalue weighted by molar-refractivity contribution is 5.74. The quantitative estimate of drug-likeness (QED) is 0.110. The zero-order valence-electron chi connectivity index (χ0n) is 24.4. The van der Waals surface area contributed by atoms with Crippen LogP contribution in [0.3, 0.4) is 0 Å². The van der Waals surface area contributed by atoms with Gasteiger partial charge in [-0.3, -0.25) is 14.4 Å². The van der Waals surface area contributed by atoms with Crippen LogP contribution >= 0.6 is 0 Å². The van der Waals surface area contributed by atoms with Gasteiger partial charge in [-0.05, 0) is 6.92 Å². The lowest BCUT2D eigenvalue weighted by atomic mass is 9.94. The van der Waals surface area contributed by atoms with Crippen molar-refractivity contribution < 1.29 is 73.4 Å². The van der Waals surface area contributed by atoms with E-state index in [2.05, 4.69) is 16.0 Å². The fraction of sp³-hybridized carbons (Fsp3) is 0.880. The number of hydrogen-bond donors (Lipinski definition) is 9. The van der Waals surface area contributed by atoms with Crippen LogP contribution in [-0.4, -0.2) is 161 Å². The van der Waals surface area contributed by atoms with Gasteiger partial charge in [0.1, 0.15) is 67.0 Å². The molecule has 3 amide bonds. The fourth-order valence-electron chi connectivity index (χ4n) is 5.53. The van der Waals surface area contributed by atoms with E-state index in [9.17, 15) is 45.0 Å². The summed E-state index contributed by atoms with van der Waals surface area (Å²) >= 11 is 0. The Morgan fingerprint density at radius 2 is 1.07 bits per heavy atom. The van der Waals surface area contributed by atoms with Gasteiger partial charge in [0.25, 0.3) is 0 Å². The first-order valence-corrected chi connectivity index (χ1v) is 13.8. The zero-order chi connectivity index (χ0) is 32.2. The molecule has 0 spiro atoms. The first-order chi connectivity index (χ1) is 20.2. The number of nitrogens with one attached hydrogen (secondary N) is 3. The number of rotatable bonds is 10. The summed E-state index contributed by atoms with van der Waals surface area (Å²) in [4.78, 5) is 35.7. The Bertz CT molecular complexity index is 961. The van der Waals surface area contributed by atoms with Gasteiger partial charge in [-0.25, -0.2) is 0 Å². The predicted octanol–water partition coefficient (Wildman–Crippen LogP) is -5.46. The Labute approximate surface area is 247 Å². The minimum absolute atomic E-state index is 0.536. The number of carbonyl (C=O) groups is 3. The normalized spacial score (nSPS) is 43.5. The number of hydrogen-bond acceptors (Lipinski definition) is 15. The summed E-state index contributed by atoms with van der Waals surface area (Å²) in [5.41, 5.74) is 0. The van der Waals surface area contributed by atoms with E-state index in [4.69, 9.17) is 28.4 Å². The third kappa shape index (κ3) is 8.16. The molecule has 0 radical (unpaired) electrons. The number of aliphatic hydroxyl groups excluding tert-OH is 6. The van der Waals surface area contributed by atoms with Crippen molar-refractivity contribution in [1.29, 1.82) is 0 Å². The molecule has 3 saturated heterocycles. The van der Waals surface area contributed by atoms with E-state index >= 15 is 0 Å². The van der Waals surface area contributed by atoms with Crippen molar-refractivity contribution in [2.45, 2.75) is 120 Å². The molecule has 0 aromatic heterocycles. The fourth-order valence-corrected chi connectivity index (χ4v) is 5.53. The van der Waals surface area contributed by atoms with Crippen LogP contribution in [0.4, 0.5) is 0 Å². The van der Waals surface area contributed by atoms with Crippen LogP contribution in [0.25, 0.3) is 0 Å². The van der Waals surface area contributed by atoms with Crippen LogP contribution in [0, 0.1) is 0 Å². The van der Waals surface area contributed by atoms with Gasteiger partial charge in [-0.1, -0.05) is 0 Å². The highest BCUT2D eigenvalue weighted by Crippen LogP contribution is 2.32. The van der Waals surface area contributed by atoms with Crippen molar-refractivity contribution in [1.82, 2.24) is 16.0 Å². The maximum atomic E-state index is 12.1. The number of ether oxygens (including phenoxy) is 6. The van der Waals surface area contributed by atoms with E-state index < -0.39 is 123 Å². The molecule has 0 aliphatic carbocycles. The predicted molar refractivity (Wildman–Crippen MR) is 139 cm³/mol. The van der Waals surface area contributed by atoms with Crippen molar-refractivity contribution in [2.24, 2.45) is 0 Å². The SMILES string of the molecule is CO[C@@H]1C(CO)O[C@@H](O[C@@H]2C(C)OC(O[C@@H]3C(CO)O[C@@H](O)C(NC(C)=O)C3O)C(NC(C)=O)C2O)C(NC(C)=O)C1O. The molecule has 0 saturated carbocycles. The van der Waals surface area contributed by atoms with Crippen LogP contribution in [0.5, 0.6) is 0 Å². The summed E-state index contributed by atoms with van der Waals surface area (Å²) in [6.45, 7) is 3.74. The molecule has 3 rings (SSSR count). The van der Waals surface area contributed by atoms with Gasteiger partial charge < -0.3 is 75.0 Å². The monoisotopic (exact) mass is 625 g/mol. The van der Waals surface area contributed by atoms with Gasteiger partial charge >= 0.3 is 0 Å². The molecule has 3 heterocycles. The molecule has 0 aromatic carbocycles. The van der Waals surface area contributed by atoms with Crippen LogP contribution < -0.4 is 16.0 Å². The molecule has 0 bridgehead atoms. The lowest BCUT2D eigenvalue weighted by Crippen LogP contribution is -2.70. The maximum absolute atomic E-state index is 12.1. The van der Waals surface area contributed by atoms with Crippen molar-refractivity contribution in [3.05, 3.63) is 0 Å². The Morgan fingerprint density at radius 1 is 0.651 bits per heavy atom. The van der Waals surface area contributed by atoms with Crippen LogP contribution in [-0.2, 0) is 42.8 Å². The molecular weight excluding hydrogens is 582 g/mol. The summed E-state index contributed by atoms with van der Waals surface area (Å²) in [7, 11) is 1.29. The highest BCUT2D eigenvalue weighted by Gasteiger charge is 2.53. The van der Waals surface area contributed by atoms with Crippen LogP contribution in [0.15, 0.2) is 0 Å². The summed E-state index contributed by atoms with van der Waals surface area (Å²) in [6, 6.07) is -3.90. The first-order valence-electron chi connectivity index (χ1n) is 13.8. The molecule has 3 fully saturated rings. The van der Waals surface area contributed by atoms with Gasteiger partial charge in [0.2, 0.25) is 17.7 Å². The van der Waals surface area contributed by atoms with Crippen molar-refractivity contribution in [2.75, 3.05) is 20.3 Å². The Morgan fingerprint density at radius 3 is 1.56 bits per heavy atom. The van der Waals surface area contributed by atoms with E-state index in [0.717, 1.165) is 6.92 Å². The molecular formula is C25H43N3O15. The summed E-state index contributed by atoms with van der Waals surface area (Å²) in [6.07, 6.45) is -16.3. The number of carbonyl (C=O) groups excluding carboxylic acids is 3. The standard InChI is InChI=1S/C25H43N3O15/c1-8-20(42-25-16(28-11(4)33)19(36)21(38-5)12(6-29)41-25)18(35)15(27-10(3)32)24(39-8)43-22-13(7-30)40-23(37)14(17(22)34)26-9(2)31/h8,12-25,29-30,34-37H,6-7H2,1-5H3,(H,26,31)(H,27,32)(H,28,33)/t8?,12?,13?,14?,15?,16?,17?,18?,19?,20-,21-,22-,23-,24?,25+/m1/s1. The van der Waals surface area contributed by atoms with Gasteiger partial charge in [-0.15, -0.1) is 0 Å².